The highest BCUT2D eigenvalue weighted by molar-refractivity contribution is 6.32. The smallest absolute Gasteiger partial charge is 0.305 e. The summed E-state index contributed by atoms with van der Waals surface area (Å²) in [5.41, 5.74) is 0.767. The number of carbonyl (C=O) groups is 2. The predicted octanol–water partition coefficient (Wildman–Crippen LogP) is 3.83. The van der Waals surface area contributed by atoms with E-state index in [4.69, 9.17) is 23.2 Å². The molecule has 7 nitrogen and oxygen atoms in total. The summed E-state index contributed by atoms with van der Waals surface area (Å²) < 4.78 is 1.12. The number of para-hydroxylation sites is 1. The third-order valence-corrected chi connectivity index (χ3v) is 4.63. The van der Waals surface area contributed by atoms with E-state index >= 15 is 0 Å². The van der Waals surface area contributed by atoms with E-state index in [-0.39, 0.29) is 18.0 Å². The van der Waals surface area contributed by atoms with Gasteiger partial charge in [-0.2, -0.15) is 9.78 Å². The summed E-state index contributed by atoms with van der Waals surface area (Å²) in [4.78, 5) is 23.9. The predicted molar refractivity (Wildman–Crippen MR) is 104 cm³/mol. The van der Waals surface area contributed by atoms with E-state index in [1.807, 2.05) is 0 Å². The summed E-state index contributed by atoms with van der Waals surface area (Å²) in [5, 5.41) is 26.7. The molecule has 0 radical (unpaired) electrons. The van der Waals surface area contributed by atoms with Gasteiger partial charge in [-0.25, -0.2) is 0 Å². The monoisotopic (exact) mass is 419 g/mol. The standard InChI is InChI=1S/C19H15Cl2N3O4/c20-12-6-2-1-5-11(12)14(10-18(26)27)22-19(28)15-9-17(25)24(23-15)16-8-4-3-7-13(16)21/h1-9,14,25H,10H2,(H,22,28)(H,26,27)/t14-/m0/s1. The Morgan fingerprint density at radius 2 is 1.71 bits per heavy atom. The van der Waals surface area contributed by atoms with E-state index in [1.54, 1.807) is 48.5 Å². The second kappa shape index (κ2) is 8.33. The summed E-state index contributed by atoms with van der Waals surface area (Å²) in [7, 11) is 0. The lowest BCUT2D eigenvalue weighted by molar-refractivity contribution is -0.137. The molecule has 0 aliphatic heterocycles. The second-order valence-corrected chi connectivity index (χ2v) is 6.71. The minimum absolute atomic E-state index is 0.0973. The molecule has 3 rings (SSSR count). The first-order valence-corrected chi connectivity index (χ1v) is 8.93. The van der Waals surface area contributed by atoms with E-state index in [2.05, 4.69) is 10.4 Å². The van der Waals surface area contributed by atoms with Crippen molar-refractivity contribution < 1.29 is 19.8 Å². The number of aromatic hydroxyl groups is 1. The number of carbonyl (C=O) groups excluding carboxylic acids is 1. The first kappa shape index (κ1) is 19.7. The number of benzene rings is 2. The minimum Gasteiger partial charge on any atom is -0.493 e. The maximum Gasteiger partial charge on any atom is 0.305 e. The van der Waals surface area contributed by atoms with Gasteiger partial charge in [0.25, 0.3) is 5.91 Å². The van der Waals surface area contributed by atoms with Gasteiger partial charge in [0.2, 0.25) is 5.88 Å². The van der Waals surface area contributed by atoms with Gasteiger partial charge in [-0.15, -0.1) is 0 Å². The van der Waals surface area contributed by atoms with Gasteiger partial charge in [-0.1, -0.05) is 53.5 Å². The van der Waals surface area contributed by atoms with Crippen molar-refractivity contribution in [3.8, 4) is 11.6 Å². The van der Waals surface area contributed by atoms with Crippen LogP contribution in [0.1, 0.15) is 28.5 Å². The Morgan fingerprint density at radius 1 is 1.07 bits per heavy atom. The zero-order valence-electron chi connectivity index (χ0n) is 14.3. The summed E-state index contributed by atoms with van der Waals surface area (Å²) >= 11 is 12.2. The fourth-order valence-corrected chi connectivity index (χ4v) is 3.17. The number of rotatable bonds is 6. The van der Waals surface area contributed by atoms with Crippen molar-refractivity contribution >= 4 is 35.1 Å². The van der Waals surface area contributed by atoms with Crippen LogP contribution in [-0.4, -0.2) is 31.9 Å². The summed E-state index contributed by atoms with van der Waals surface area (Å²) in [5.74, 6) is -2.05. The van der Waals surface area contributed by atoms with Gasteiger partial charge in [-0.3, -0.25) is 9.59 Å². The number of amides is 1. The lowest BCUT2D eigenvalue weighted by Gasteiger charge is -2.18. The number of halogens is 2. The zero-order valence-corrected chi connectivity index (χ0v) is 15.9. The molecule has 0 unspecified atom stereocenters. The van der Waals surface area contributed by atoms with Crippen molar-refractivity contribution in [2.45, 2.75) is 12.5 Å². The van der Waals surface area contributed by atoms with Crippen LogP contribution in [0.3, 0.4) is 0 Å². The van der Waals surface area contributed by atoms with Gasteiger partial charge in [0.1, 0.15) is 0 Å². The van der Waals surface area contributed by atoms with Gasteiger partial charge in [0.05, 0.1) is 23.2 Å². The fraction of sp³-hybridized carbons (Fsp3) is 0.105. The topological polar surface area (TPSA) is 104 Å². The Hall–Kier alpha value is -3.03. The molecule has 9 heteroatoms. The molecule has 3 N–H and O–H groups in total. The Labute approximate surface area is 170 Å². The van der Waals surface area contributed by atoms with Crippen molar-refractivity contribution in [2.75, 3.05) is 0 Å². The molecule has 0 spiro atoms. The number of hydrogen-bond acceptors (Lipinski definition) is 4. The van der Waals surface area contributed by atoms with E-state index in [9.17, 15) is 19.8 Å². The molecule has 0 saturated heterocycles. The Balaban J connectivity index is 1.89. The van der Waals surface area contributed by atoms with Crippen LogP contribution in [0.2, 0.25) is 10.0 Å². The zero-order chi connectivity index (χ0) is 20.3. The molecule has 0 aliphatic rings. The molecule has 0 fully saturated rings. The van der Waals surface area contributed by atoms with Crippen molar-refractivity contribution in [1.29, 1.82) is 0 Å². The third kappa shape index (κ3) is 4.27. The molecule has 144 valence electrons. The lowest BCUT2D eigenvalue weighted by atomic mass is 10.0. The molecule has 3 aromatic rings. The molecule has 1 atom stereocenters. The van der Waals surface area contributed by atoms with Crippen LogP contribution in [0, 0.1) is 0 Å². The lowest BCUT2D eigenvalue weighted by Crippen LogP contribution is -2.30. The van der Waals surface area contributed by atoms with Crippen LogP contribution in [-0.2, 0) is 4.79 Å². The summed E-state index contributed by atoms with van der Waals surface area (Å²) in [6.07, 6.45) is -0.368. The van der Waals surface area contributed by atoms with Gasteiger partial charge in [0.15, 0.2) is 5.69 Å². The molecule has 2 aromatic carbocycles. The molecule has 0 bridgehead atoms. The van der Waals surface area contributed by atoms with E-state index in [0.29, 0.717) is 21.3 Å². The molecular formula is C19H15Cl2N3O4. The van der Waals surface area contributed by atoms with Crippen LogP contribution in [0.25, 0.3) is 5.69 Å². The molecule has 1 heterocycles. The molecular weight excluding hydrogens is 405 g/mol. The average molecular weight is 420 g/mol. The largest absolute Gasteiger partial charge is 0.493 e. The molecule has 1 aromatic heterocycles. The highest BCUT2D eigenvalue weighted by atomic mass is 35.5. The van der Waals surface area contributed by atoms with Gasteiger partial charge < -0.3 is 15.5 Å². The van der Waals surface area contributed by atoms with Gasteiger partial charge >= 0.3 is 5.97 Å². The van der Waals surface area contributed by atoms with E-state index in [0.717, 1.165) is 4.68 Å². The average Bonchev–Trinajstić information content (AvgIpc) is 3.03. The van der Waals surface area contributed by atoms with Crippen LogP contribution in [0.15, 0.2) is 54.6 Å². The van der Waals surface area contributed by atoms with E-state index in [1.165, 1.54) is 6.07 Å². The number of aliphatic carboxylic acids is 1. The van der Waals surface area contributed by atoms with Crippen LogP contribution in [0.5, 0.6) is 5.88 Å². The summed E-state index contributed by atoms with van der Waals surface area (Å²) in [6, 6.07) is 13.6. The number of carboxylic acids is 1. The second-order valence-electron chi connectivity index (χ2n) is 5.90. The maximum absolute atomic E-state index is 12.6. The normalized spacial score (nSPS) is 11.8. The quantitative estimate of drug-likeness (QED) is 0.562. The van der Waals surface area contributed by atoms with Crippen LogP contribution < -0.4 is 5.32 Å². The number of nitrogens with one attached hydrogen (secondary N) is 1. The Morgan fingerprint density at radius 3 is 2.36 bits per heavy atom. The van der Waals surface area contributed by atoms with Crippen molar-refractivity contribution in [2.24, 2.45) is 0 Å². The maximum atomic E-state index is 12.6. The van der Waals surface area contributed by atoms with Crippen molar-refractivity contribution in [3.63, 3.8) is 0 Å². The first-order chi connectivity index (χ1) is 13.4. The summed E-state index contributed by atoms with van der Waals surface area (Å²) in [6.45, 7) is 0. The van der Waals surface area contributed by atoms with E-state index < -0.39 is 17.9 Å². The first-order valence-electron chi connectivity index (χ1n) is 8.18. The van der Waals surface area contributed by atoms with Gasteiger partial charge in [-0.05, 0) is 23.8 Å². The van der Waals surface area contributed by atoms with Crippen molar-refractivity contribution in [1.82, 2.24) is 15.1 Å². The van der Waals surface area contributed by atoms with Crippen LogP contribution in [0.4, 0.5) is 0 Å². The van der Waals surface area contributed by atoms with Crippen LogP contribution >= 0.6 is 23.2 Å². The molecule has 1 amide bonds. The molecule has 0 saturated carbocycles. The molecule has 0 aliphatic carbocycles. The minimum atomic E-state index is -1.10. The van der Waals surface area contributed by atoms with Crippen molar-refractivity contribution in [3.05, 3.63) is 75.9 Å². The SMILES string of the molecule is O=C(O)C[C@H](NC(=O)c1cc(O)n(-c2ccccc2Cl)n1)c1ccccc1Cl. The third-order valence-electron chi connectivity index (χ3n) is 3.97. The fourth-order valence-electron chi connectivity index (χ4n) is 2.69. The Bertz CT molecular complexity index is 1040. The highest BCUT2D eigenvalue weighted by Crippen LogP contribution is 2.27. The number of hydrogen-bond donors (Lipinski definition) is 3. The number of aromatic nitrogens is 2. The molecule has 28 heavy (non-hydrogen) atoms. The number of carboxylic acid groups (broad SMARTS) is 1. The number of nitrogens with zero attached hydrogens (tertiary/aromatic N) is 2. The highest BCUT2D eigenvalue weighted by Gasteiger charge is 2.23. The van der Waals surface area contributed by atoms with Gasteiger partial charge in [0, 0.05) is 11.1 Å². The Kier molecular flexibility index (Phi) is 5.87.